The molecule has 98 valence electrons. The Kier molecular flexibility index (Phi) is 3.92. The summed E-state index contributed by atoms with van der Waals surface area (Å²) in [6.45, 7) is 1.69. The molecule has 0 N–H and O–H groups in total. The molecule has 0 aliphatic rings. The highest BCUT2D eigenvalue weighted by Crippen LogP contribution is 2.23. The maximum absolute atomic E-state index is 10.9. The highest BCUT2D eigenvalue weighted by atomic mass is 16.6. The lowest BCUT2D eigenvalue weighted by Crippen LogP contribution is -1.92. The summed E-state index contributed by atoms with van der Waals surface area (Å²) in [4.78, 5) is 10.5. The second kappa shape index (κ2) is 5.81. The minimum atomic E-state index is -0.415. The van der Waals surface area contributed by atoms with Crippen LogP contribution in [0.15, 0.2) is 48.5 Å². The Morgan fingerprint density at radius 1 is 1.25 bits per heavy atom. The smallest absolute Gasteiger partial charge is 0.258 e. The van der Waals surface area contributed by atoms with Crippen molar-refractivity contribution < 1.29 is 4.92 Å². The Morgan fingerprint density at radius 2 is 1.95 bits per heavy atom. The molecule has 0 atom stereocenters. The van der Waals surface area contributed by atoms with Gasteiger partial charge < -0.3 is 0 Å². The van der Waals surface area contributed by atoms with E-state index in [2.05, 4.69) is 6.07 Å². The molecule has 0 saturated carbocycles. The van der Waals surface area contributed by atoms with E-state index in [4.69, 9.17) is 0 Å². The Balaban J connectivity index is 2.47. The van der Waals surface area contributed by atoms with E-state index in [1.54, 1.807) is 25.1 Å². The lowest BCUT2D eigenvalue weighted by atomic mass is 10.0. The maximum Gasteiger partial charge on any atom is 0.272 e. The van der Waals surface area contributed by atoms with Crippen molar-refractivity contribution in [1.82, 2.24) is 0 Å². The molecule has 0 spiro atoms. The van der Waals surface area contributed by atoms with Gasteiger partial charge in [0.2, 0.25) is 0 Å². The predicted molar refractivity (Wildman–Crippen MR) is 77.8 cm³/mol. The molecule has 0 unspecified atom stereocenters. The van der Waals surface area contributed by atoms with Gasteiger partial charge in [0.05, 0.1) is 16.6 Å². The van der Waals surface area contributed by atoms with Crippen molar-refractivity contribution in [2.24, 2.45) is 0 Å². The summed E-state index contributed by atoms with van der Waals surface area (Å²) in [6, 6.07) is 16.3. The summed E-state index contributed by atoms with van der Waals surface area (Å²) in [5.74, 6) is 0. The second-order valence-corrected chi connectivity index (χ2v) is 4.34. The van der Waals surface area contributed by atoms with Crippen LogP contribution >= 0.6 is 0 Å². The van der Waals surface area contributed by atoms with Gasteiger partial charge in [-0.15, -0.1) is 0 Å². The van der Waals surface area contributed by atoms with Crippen molar-refractivity contribution in [2.75, 3.05) is 0 Å². The van der Waals surface area contributed by atoms with Crippen LogP contribution in [0.25, 0.3) is 11.6 Å². The van der Waals surface area contributed by atoms with Gasteiger partial charge in [0.25, 0.3) is 5.69 Å². The minimum absolute atomic E-state index is 0.0594. The summed E-state index contributed by atoms with van der Waals surface area (Å²) >= 11 is 0. The molecular weight excluding hydrogens is 252 g/mol. The number of nitro benzene ring substituents is 1. The van der Waals surface area contributed by atoms with Crippen LogP contribution in [0.3, 0.4) is 0 Å². The fraction of sp³-hybridized carbons (Fsp3) is 0.0625. The molecule has 0 heterocycles. The molecule has 2 aromatic carbocycles. The predicted octanol–water partition coefficient (Wildman–Crippen LogP) is 3.97. The summed E-state index contributed by atoms with van der Waals surface area (Å²) in [5.41, 5.74) is 2.57. The zero-order valence-corrected chi connectivity index (χ0v) is 10.9. The molecule has 20 heavy (non-hydrogen) atoms. The number of hydrogen-bond acceptors (Lipinski definition) is 3. The van der Waals surface area contributed by atoms with Crippen molar-refractivity contribution in [1.29, 1.82) is 5.26 Å². The topological polar surface area (TPSA) is 66.9 Å². The third-order valence-electron chi connectivity index (χ3n) is 2.95. The lowest BCUT2D eigenvalue weighted by molar-refractivity contribution is -0.385. The van der Waals surface area contributed by atoms with Gasteiger partial charge >= 0.3 is 0 Å². The van der Waals surface area contributed by atoms with E-state index < -0.39 is 4.92 Å². The number of aryl methyl sites for hydroxylation is 1. The van der Waals surface area contributed by atoms with Crippen LogP contribution in [0.4, 0.5) is 5.69 Å². The molecule has 0 amide bonds. The first-order valence-electron chi connectivity index (χ1n) is 6.04. The molecule has 2 rings (SSSR count). The van der Waals surface area contributed by atoms with Crippen LogP contribution in [0.5, 0.6) is 0 Å². The number of nitrogens with zero attached hydrogens (tertiary/aromatic N) is 2. The van der Waals surface area contributed by atoms with E-state index in [1.165, 1.54) is 6.07 Å². The SMILES string of the molecule is Cc1ccc(/C=C(/C#N)c2ccccc2)cc1[N+](=O)[O-]. The average molecular weight is 264 g/mol. The third-order valence-corrected chi connectivity index (χ3v) is 2.95. The van der Waals surface area contributed by atoms with Gasteiger partial charge in [0.1, 0.15) is 0 Å². The van der Waals surface area contributed by atoms with Crippen LogP contribution in [0.1, 0.15) is 16.7 Å². The summed E-state index contributed by atoms with van der Waals surface area (Å²) in [6.07, 6.45) is 1.65. The van der Waals surface area contributed by atoms with Crippen LogP contribution in [-0.2, 0) is 0 Å². The summed E-state index contributed by atoms with van der Waals surface area (Å²) in [5, 5.41) is 20.1. The van der Waals surface area contributed by atoms with Gasteiger partial charge in [-0.3, -0.25) is 10.1 Å². The zero-order chi connectivity index (χ0) is 14.5. The van der Waals surface area contributed by atoms with E-state index in [0.717, 1.165) is 5.56 Å². The number of nitriles is 1. The van der Waals surface area contributed by atoms with E-state index in [0.29, 0.717) is 16.7 Å². The average Bonchev–Trinajstić information content (AvgIpc) is 2.47. The second-order valence-electron chi connectivity index (χ2n) is 4.34. The van der Waals surface area contributed by atoms with Gasteiger partial charge in [0.15, 0.2) is 0 Å². The van der Waals surface area contributed by atoms with Crippen LogP contribution in [-0.4, -0.2) is 4.92 Å². The molecule has 2 aromatic rings. The minimum Gasteiger partial charge on any atom is -0.258 e. The van der Waals surface area contributed by atoms with Crippen molar-refractivity contribution in [2.45, 2.75) is 6.92 Å². The van der Waals surface area contributed by atoms with Gasteiger partial charge in [-0.25, -0.2) is 0 Å². The van der Waals surface area contributed by atoms with Gasteiger partial charge in [0, 0.05) is 11.6 Å². The molecule has 0 bridgehead atoms. The first-order valence-corrected chi connectivity index (χ1v) is 6.04. The van der Waals surface area contributed by atoms with Crippen LogP contribution in [0.2, 0.25) is 0 Å². The van der Waals surface area contributed by atoms with Crippen molar-refractivity contribution in [3.05, 3.63) is 75.3 Å². The number of nitro groups is 1. The fourth-order valence-corrected chi connectivity index (χ4v) is 1.88. The normalized spacial score (nSPS) is 10.9. The number of allylic oxidation sites excluding steroid dienone is 1. The standard InChI is InChI=1S/C16H12N2O2/c1-12-7-8-13(10-16(12)18(19)20)9-15(11-17)14-5-3-2-4-6-14/h2-10H,1H3/b15-9-. The fourth-order valence-electron chi connectivity index (χ4n) is 1.88. The van der Waals surface area contributed by atoms with Crippen molar-refractivity contribution in [3.8, 4) is 6.07 Å². The quantitative estimate of drug-likeness (QED) is 0.364. The first-order chi connectivity index (χ1) is 9.61. The first kappa shape index (κ1) is 13.5. The maximum atomic E-state index is 10.9. The Labute approximate surface area is 116 Å². The van der Waals surface area contributed by atoms with Crippen LogP contribution < -0.4 is 0 Å². The van der Waals surface area contributed by atoms with Crippen molar-refractivity contribution in [3.63, 3.8) is 0 Å². The Morgan fingerprint density at radius 3 is 2.55 bits per heavy atom. The molecule has 0 aliphatic carbocycles. The Hall–Kier alpha value is -2.93. The Bertz CT molecular complexity index is 713. The number of rotatable bonds is 3. The summed E-state index contributed by atoms with van der Waals surface area (Å²) in [7, 11) is 0. The largest absolute Gasteiger partial charge is 0.272 e. The van der Waals surface area contributed by atoms with Gasteiger partial charge in [-0.2, -0.15) is 5.26 Å². The molecule has 4 nitrogen and oxygen atoms in total. The lowest BCUT2D eigenvalue weighted by Gasteiger charge is -2.01. The highest BCUT2D eigenvalue weighted by molar-refractivity contribution is 5.89. The molecule has 0 radical (unpaired) electrons. The van der Waals surface area contributed by atoms with E-state index >= 15 is 0 Å². The highest BCUT2D eigenvalue weighted by Gasteiger charge is 2.10. The van der Waals surface area contributed by atoms with E-state index in [-0.39, 0.29) is 5.69 Å². The number of benzene rings is 2. The molecule has 0 aliphatic heterocycles. The number of hydrogen-bond donors (Lipinski definition) is 0. The molecule has 0 aromatic heterocycles. The van der Waals surface area contributed by atoms with Crippen LogP contribution in [0, 0.1) is 28.4 Å². The molecule has 0 fully saturated rings. The van der Waals surface area contributed by atoms with Gasteiger partial charge in [-0.1, -0.05) is 42.5 Å². The summed E-state index contributed by atoms with van der Waals surface area (Å²) < 4.78 is 0. The van der Waals surface area contributed by atoms with E-state index in [1.807, 2.05) is 30.3 Å². The molecule has 4 heteroatoms. The monoisotopic (exact) mass is 264 g/mol. The van der Waals surface area contributed by atoms with Gasteiger partial charge in [-0.05, 0) is 24.1 Å². The zero-order valence-electron chi connectivity index (χ0n) is 10.9. The molecule has 0 saturated heterocycles. The van der Waals surface area contributed by atoms with E-state index in [9.17, 15) is 15.4 Å². The third kappa shape index (κ3) is 2.90. The van der Waals surface area contributed by atoms with Crippen molar-refractivity contribution >= 4 is 17.3 Å². The molecular formula is C16H12N2O2.